The molecule has 1 atom stereocenters. The summed E-state index contributed by atoms with van der Waals surface area (Å²) in [7, 11) is 1.97. The van der Waals surface area contributed by atoms with Crippen LogP contribution in [0.1, 0.15) is 40.0 Å². The average molecular weight is 253 g/mol. The third-order valence-corrected chi connectivity index (χ3v) is 3.44. The molecule has 0 aromatic heterocycles. The van der Waals surface area contributed by atoms with Gasteiger partial charge in [-0.25, -0.2) is 0 Å². The summed E-state index contributed by atoms with van der Waals surface area (Å²) in [4.78, 5) is 10.6. The fourth-order valence-electron chi connectivity index (χ4n) is 2.04. The standard InChI is InChI=1S/C17H19NO/c1-13(18-2)17-9-7-15(8-10-17)11-14-3-5-16(12-19)6-4-14/h3-10,12-13,18H,11H2,1-2H3/t13-/m0/s1. The zero-order valence-electron chi connectivity index (χ0n) is 11.4. The van der Waals surface area contributed by atoms with Crippen LogP contribution in [0.2, 0.25) is 0 Å². The van der Waals surface area contributed by atoms with Gasteiger partial charge < -0.3 is 5.32 Å². The van der Waals surface area contributed by atoms with Crippen LogP contribution in [0.4, 0.5) is 0 Å². The summed E-state index contributed by atoms with van der Waals surface area (Å²) >= 11 is 0. The Morgan fingerprint density at radius 3 is 2.00 bits per heavy atom. The molecular weight excluding hydrogens is 234 g/mol. The number of hydrogen-bond acceptors (Lipinski definition) is 2. The second-order valence-electron chi connectivity index (χ2n) is 4.79. The highest BCUT2D eigenvalue weighted by Gasteiger charge is 2.02. The van der Waals surface area contributed by atoms with Gasteiger partial charge in [-0.2, -0.15) is 0 Å². The van der Waals surface area contributed by atoms with E-state index in [0.29, 0.717) is 6.04 Å². The predicted octanol–water partition coefficient (Wildman–Crippen LogP) is 3.37. The third-order valence-electron chi connectivity index (χ3n) is 3.44. The number of rotatable bonds is 5. The molecule has 0 saturated carbocycles. The highest BCUT2D eigenvalue weighted by molar-refractivity contribution is 5.74. The van der Waals surface area contributed by atoms with Gasteiger partial charge in [0.2, 0.25) is 0 Å². The molecule has 0 amide bonds. The maximum Gasteiger partial charge on any atom is 0.150 e. The van der Waals surface area contributed by atoms with E-state index in [1.807, 2.05) is 31.3 Å². The van der Waals surface area contributed by atoms with E-state index < -0.39 is 0 Å². The summed E-state index contributed by atoms with van der Waals surface area (Å²) in [6.07, 6.45) is 1.77. The molecular formula is C17H19NO. The molecule has 2 rings (SSSR count). The minimum absolute atomic E-state index is 0.376. The number of hydrogen-bond donors (Lipinski definition) is 1. The predicted molar refractivity (Wildman–Crippen MR) is 78.6 cm³/mol. The maximum absolute atomic E-state index is 10.6. The van der Waals surface area contributed by atoms with Gasteiger partial charge in [0.05, 0.1) is 0 Å². The van der Waals surface area contributed by atoms with Crippen LogP contribution in [0.5, 0.6) is 0 Å². The van der Waals surface area contributed by atoms with Crippen molar-refractivity contribution in [2.45, 2.75) is 19.4 Å². The molecule has 2 heteroatoms. The molecule has 0 heterocycles. The van der Waals surface area contributed by atoms with Crippen LogP contribution in [0.3, 0.4) is 0 Å². The van der Waals surface area contributed by atoms with Crippen LogP contribution in [0.15, 0.2) is 48.5 Å². The second-order valence-corrected chi connectivity index (χ2v) is 4.79. The molecule has 98 valence electrons. The molecule has 19 heavy (non-hydrogen) atoms. The Morgan fingerprint density at radius 2 is 1.53 bits per heavy atom. The lowest BCUT2D eigenvalue weighted by Gasteiger charge is -2.11. The van der Waals surface area contributed by atoms with Gasteiger partial charge in [-0.3, -0.25) is 4.79 Å². The summed E-state index contributed by atoms with van der Waals surface area (Å²) in [6, 6.07) is 16.8. The van der Waals surface area contributed by atoms with E-state index in [9.17, 15) is 4.79 Å². The molecule has 0 aliphatic carbocycles. The molecule has 0 saturated heterocycles. The molecule has 0 aliphatic rings. The van der Waals surface area contributed by atoms with Crippen molar-refractivity contribution in [3.8, 4) is 0 Å². The normalized spacial score (nSPS) is 12.1. The van der Waals surface area contributed by atoms with E-state index in [1.54, 1.807) is 0 Å². The van der Waals surface area contributed by atoms with Crippen LogP contribution in [0.25, 0.3) is 0 Å². The minimum Gasteiger partial charge on any atom is -0.313 e. The van der Waals surface area contributed by atoms with Gasteiger partial charge in [0.1, 0.15) is 6.29 Å². The maximum atomic E-state index is 10.6. The van der Waals surface area contributed by atoms with Crippen LogP contribution in [0, 0.1) is 0 Å². The van der Waals surface area contributed by atoms with Crippen LogP contribution >= 0.6 is 0 Å². The third kappa shape index (κ3) is 3.52. The van der Waals surface area contributed by atoms with Crippen molar-refractivity contribution in [3.05, 3.63) is 70.8 Å². The van der Waals surface area contributed by atoms with Crippen molar-refractivity contribution in [3.63, 3.8) is 0 Å². The van der Waals surface area contributed by atoms with Gasteiger partial charge in [0.25, 0.3) is 0 Å². The SMILES string of the molecule is CN[C@@H](C)c1ccc(Cc2ccc(C=O)cc2)cc1. The zero-order valence-corrected chi connectivity index (χ0v) is 11.4. The summed E-state index contributed by atoms with van der Waals surface area (Å²) in [5.74, 6) is 0. The van der Waals surface area contributed by atoms with Crippen molar-refractivity contribution in [2.24, 2.45) is 0 Å². The van der Waals surface area contributed by atoms with Gasteiger partial charge >= 0.3 is 0 Å². The van der Waals surface area contributed by atoms with Crippen molar-refractivity contribution < 1.29 is 4.79 Å². The van der Waals surface area contributed by atoms with E-state index in [4.69, 9.17) is 0 Å². The molecule has 0 aliphatic heterocycles. The Hall–Kier alpha value is -1.93. The first kappa shape index (κ1) is 13.5. The quantitative estimate of drug-likeness (QED) is 0.828. The Bertz CT molecular complexity index is 528. The van der Waals surface area contributed by atoms with E-state index in [0.717, 1.165) is 18.3 Å². The molecule has 0 spiro atoms. The molecule has 2 nitrogen and oxygen atoms in total. The van der Waals surface area contributed by atoms with Crippen molar-refractivity contribution in [2.75, 3.05) is 7.05 Å². The number of carbonyl (C=O) groups excluding carboxylic acids is 1. The number of aldehydes is 1. The molecule has 0 unspecified atom stereocenters. The van der Waals surface area contributed by atoms with Crippen LogP contribution in [-0.4, -0.2) is 13.3 Å². The summed E-state index contributed by atoms with van der Waals surface area (Å²) < 4.78 is 0. The lowest BCUT2D eigenvalue weighted by Crippen LogP contribution is -2.12. The van der Waals surface area contributed by atoms with E-state index in [1.165, 1.54) is 16.7 Å². The number of carbonyl (C=O) groups is 1. The van der Waals surface area contributed by atoms with Crippen LogP contribution < -0.4 is 5.32 Å². The topological polar surface area (TPSA) is 29.1 Å². The van der Waals surface area contributed by atoms with Gasteiger partial charge in [-0.05, 0) is 37.1 Å². The van der Waals surface area contributed by atoms with Gasteiger partial charge in [-0.1, -0.05) is 48.5 Å². The van der Waals surface area contributed by atoms with Crippen molar-refractivity contribution in [1.82, 2.24) is 5.32 Å². The van der Waals surface area contributed by atoms with Crippen LogP contribution in [-0.2, 0) is 6.42 Å². The monoisotopic (exact) mass is 253 g/mol. The molecule has 2 aromatic carbocycles. The zero-order chi connectivity index (χ0) is 13.7. The first-order chi connectivity index (χ1) is 9.22. The smallest absolute Gasteiger partial charge is 0.150 e. The minimum atomic E-state index is 0.376. The van der Waals surface area contributed by atoms with Gasteiger partial charge in [0.15, 0.2) is 0 Å². The number of nitrogens with one attached hydrogen (secondary N) is 1. The fourth-order valence-corrected chi connectivity index (χ4v) is 2.04. The first-order valence-corrected chi connectivity index (χ1v) is 6.53. The Morgan fingerprint density at radius 1 is 1.00 bits per heavy atom. The van der Waals surface area contributed by atoms with Crippen molar-refractivity contribution in [1.29, 1.82) is 0 Å². The highest BCUT2D eigenvalue weighted by Crippen LogP contribution is 2.15. The van der Waals surface area contributed by atoms with Gasteiger partial charge in [0, 0.05) is 11.6 Å². The molecule has 0 bridgehead atoms. The lowest BCUT2D eigenvalue weighted by molar-refractivity contribution is 0.112. The second kappa shape index (κ2) is 6.30. The average Bonchev–Trinajstić information content (AvgIpc) is 2.48. The molecule has 0 fully saturated rings. The largest absolute Gasteiger partial charge is 0.313 e. The Kier molecular flexibility index (Phi) is 4.48. The number of benzene rings is 2. The Labute approximate surface area is 114 Å². The Balaban J connectivity index is 2.08. The summed E-state index contributed by atoms with van der Waals surface area (Å²) in [6.45, 7) is 2.15. The fraction of sp³-hybridized carbons (Fsp3) is 0.235. The molecule has 2 aromatic rings. The van der Waals surface area contributed by atoms with Gasteiger partial charge in [-0.15, -0.1) is 0 Å². The lowest BCUT2D eigenvalue weighted by atomic mass is 10.0. The molecule has 1 N–H and O–H groups in total. The summed E-state index contributed by atoms with van der Waals surface area (Å²) in [5, 5.41) is 3.23. The summed E-state index contributed by atoms with van der Waals surface area (Å²) in [5.41, 5.74) is 4.52. The first-order valence-electron chi connectivity index (χ1n) is 6.53. The van der Waals surface area contributed by atoms with E-state index in [2.05, 4.69) is 36.5 Å². The molecule has 0 radical (unpaired) electrons. The van der Waals surface area contributed by atoms with Crippen molar-refractivity contribution >= 4 is 6.29 Å². The van der Waals surface area contributed by atoms with E-state index in [-0.39, 0.29) is 0 Å². The van der Waals surface area contributed by atoms with E-state index >= 15 is 0 Å². The highest BCUT2D eigenvalue weighted by atomic mass is 16.1.